The summed E-state index contributed by atoms with van der Waals surface area (Å²) in [5, 5.41) is 9.59. The monoisotopic (exact) mass is 405 g/mol. The summed E-state index contributed by atoms with van der Waals surface area (Å²) in [6.07, 6.45) is 0.621. The number of ether oxygens (including phenoxy) is 4. The zero-order valence-corrected chi connectivity index (χ0v) is 16.8. The van der Waals surface area contributed by atoms with Crippen molar-refractivity contribution < 1.29 is 33.6 Å². The van der Waals surface area contributed by atoms with Gasteiger partial charge in [0.05, 0.1) is 56.9 Å². The van der Waals surface area contributed by atoms with Gasteiger partial charge in [0.15, 0.2) is 5.75 Å². The topological polar surface area (TPSA) is 124 Å². The van der Waals surface area contributed by atoms with E-state index in [2.05, 4.69) is 4.98 Å². The zero-order chi connectivity index (χ0) is 21.7. The molecule has 0 aliphatic carbocycles. The Balaban J connectivity index is 2.72. The second kappa shape index (κ2) is 9.24. The summed E-state index contributed by atoms with van der Waals surface area (Å²) in [5.74, 6) is -1.32. The number of rotatable bonds is 8. The lowest BCUT2D eigenvalue weighted by Gasteiger charge is -2.15. The Labute approximate surface area is 167 Å². The lowest BCUT2D eigenvalue weighted by atomic mass is 9.96. The van der Waals surface area contributed by atoms with Crippen LogP contribution in [0.25, 0.3) is 0 Å². The molecule has 29 heavy (non-hydrogen) atoms. The van der Waals surface area contributed by atoms with Crippen LogP contribution in [0.1, 0.15) is 38.9 Å². The summed E-state index contributed by atoms with van der Waals surface area (Å²) in [6.45, 7) is 1.56. The molecule has 1 unspecified atom stereocenters. The fourth-order valence-corrected chi connectivity index (χ4v) is 2.89. The number of carbonyl (C=O) groups is 2. The number of aromatic amines is 1. The van der Waals surface area contributed by atoms with E-state index in [-0.39, 0.29) is 40.4 Å². The fourth-order valence-electron chi connectivity index (χ4n) is 2.89. The Kier molecular flexibility index (Phi) is 7.00. The van der Waals surface area contributed by atoms with Crippen LogP contribution in [0.4, 0.5) is 0 Å². The quantitative estimate of drug-likeness (QED) is 0.498. The number of esters is 1. The van der Waals surface area contributed by atoms with Gasteiger partial charge in [0.2, 0.25) is 11.2 Å². The lowest BCUT2D eigenvalue weighted by Crippen LogP contribution is -2.23. The van der Waals surface area contributed by atoms with E-state index >= 15 is 0 Å². The molecule has 1 aromatic heterocycles. The zero-order valence-electron chi connectivity index (χ0n) is 16.8. The molecular weight excluding hydrogens is 382 g/mol. The Morgan fingerprint density at radius 2 is 1.76 bits per heavy atom. The van der Waals surface area contributed by atoms with Gasteiger partial charge in [-0.15, -0.1) is 0 Å². The molecule has 0 fully saturated rings. The van der Waals surface area contributed by atoms with E-state index in [1.54, 1.807) is 6.92 Å². The summed E-state index contributed by atoms with van der Waals surface area (Å²) >= 11 is 0. The molecule has 9 heteroatoms. The highest BCUT2D eigenvalue weighted by Crippen LogP contribution is 2.31. The number of methoxy groups -OCH3 is 4. The predicted octanol–water partition coefficient (Wildman–Crippen LogP) is 1.34. The number of H-pyrrole nitrogens is 1. The molecule has 0 aliphatic rings. The predicted molar refractivity (Wildman–Crippen MR) is 103 cm³/mol. The van der Waals surface area contributed by atoms with Crippen LogP contribution in [-0.4, -0.2) is 56.4 Å². The summed E-state index contributed by atoms with van der Waals surface area (Å²) in [7, 11) is 5.18. The lowest BCUT2D eigenvalue weighted by molar-refractivity contribution is 0.0596. The number of aliphatic hydroxyl groups excluding tert-OH is 1. The summed E-state index contributed by atoms with van der Waals surface area (Å²) in [6, 6.07) is 2.75. The second-order valence-electron chi connectivity index (χ2n) is 6.17. The minimum Gasteiger partial charge on any atom is -0.497 e. The minimum atomic E-state index is -0.792. The molecule has 0 bridgehead atoms. The average Bonchev–Trinajstić information content (AvgIpc) is 2.71. The Morgan fingerprint density at radius 1 is 1.07 bits per heavy atom. The van der Waals surface area contributed by atoms with Gasteiger partial charge in [-0.1, -0.05) is 0 Å². The van der Waals surface area contributed by atoms with E-state index in [9.17, 15) is 19.5 Å². The third-order valence-electron chi connectivity index (χ3n) is 4.23. The van der Waals surface area contributed by atoms with Crippen LogP contribution in [-0.2, 0) is 11.2 Å². The number of ketones is 1. The van der Waals surface area contributed by atoms with Crippen LogP contribution in [0.5, 0.6) is 17.2 Å². The van der Waals surface area contributed by atoms with Crippen molar-refractivity contribution in [2.24, 2.45) is 0 Å². The molecule has 0 aliphatic heterocycles. The number of nitrogens with one attached hydrogen (secondary N) is 1. The maximum Gasteiger partial charge on any atom is 0.338 e. The van der Waals surface area contributed by atoms with E-state index in [0.29, 0.717) is 5.69 Å². The SMILES string of the molecule is COC(=O)c1cc(OC)cc(OC)c1C(=O)c1c[nH]c(CC(C)O)c(OC)c1=O. The van der Waals surface area contributed by atoms with Crippen molar-refractivity contribution >= 4 is 11.8 Å². The summed E-state index contributed by atoms with van der Waals surface area (Å²) in [4.78, 5) is 41.2. The number of pyridine rings is 1. The highest BCUT2D eigenvalue weighted by atomic mass is 16.5. The number of aromatic nitrogens is 1. The number of benzene rings is 1. The summed E-state index contributed by atoms with van der Waals surface area (Å²) < 4.78 is 20.3. The van der Waals surface area contributed by atoms with Crippen LogP contribution >= 0.6 is 0 Å². The van der Waals surface area contributed by atoms with E-state index < -0.39 is 23.3 Å². The van der Waals surface area contributed by atoms with Gasteiger partial charge >= 0.3 is 5.97 Å². The fraction of sp³-hybridized carbons (Fsp3) is 0.350. The molecule has 2 rings (SSSR count). The van der Waals surface area contributed by atoms with Gasteiger partial charge in [-0.05, 0) is 13.0 Å². The molecule has 9 nitrogen and oxygen atoms in total. The third-order valence-corrected chi connectivity index (χ3v) is 4.23. The van der Waals surface area contributed by atoms with E-state index in [1.165, 1.54) is 46.8 Å². The molecule has 1 aromatic carbocycles. The van der Waals surface area contributed by atoms with Crippen molar-refractivity contribution in [1.29, 1.82) is 0 Å². The van der Waals surface area contributed by atoms with Crippen LogP contribution < -0.4 is 19.6 Å². The molecular formula is C20H23NO8. The van der Waals surface area contributed by atoms with E-state index in [4.69, 9.17) is 18.9 Å². The van der Waals surface area contributed by atoms with Gasteiger partial charge in [-0.2, -0.15) is 0 Å². The standard InChI is InChI=1S/C20H23NO8/c1-10(22)6-14-19(28-4)18(24)13(9-21-14)17(23)16-12(20(25)29-5)7-11(26-2)8-15(16)27-3/h7-10,22H,6H2,1-5H3,(H,21,24). The first kappa shape index (κ1) is 22.0. The van der Waals surface area contributed by atoms with Gasteiger partial charge in [0, 0.05) is 18.7 Å². The van der Waals surface area contributed by atoms with Crippen LogP contribution in [0.3, 0.4) is 0 Å². The molecule has 2 N–H and O–H groups in total. The molecule has 1 heterocycles. The van der Waals surface area contributed by atoms with Crippen molar-refractivity contribution in [1.82, 2.24) is 4.98 Å². The normalized spacial score (nSPS) is 11.5. The van der Waals surface area contributed by atoms with Crippen molar-refractivity contribution in [2.45, 2.75) is 19.4 Å². The number of hydrogen-bond donors (Lipinski definition) is 2. The minimum absolute atomic E-state index is 0.0428. The van der Waals surface area contributed by atoms with Crippen LogP contribution in [0.2, 0.25) is 0 Å². The van der Waals surface area contributed by atoms with Gasteiger partial charge in [0.25, 0.3) is 0 Å². The Bertz CT molecular complexity index is 977. The van der Waals surface area contributed by atoms with Gasteiger partial charge < -0.3 is 29.0 Å². The Hall–Kier alpha value is -3.33. The molecule has 156 valence electrons. The molecule has 0 radical (unpaired) electrons. The van der Waals surface area contributed by atoms with Gasteiger partial charge in [-0.3, -0.25) is 9.59 Å². The van der Waals surface area contributed by atoms with Crippen LogP contribution in [0, 0.1) is 0 Å². The van der Waals surface area contributed by atoms with Crippen molar-refractivity contribution in [3.8, 4) is 17.2 Å². The smallest absolute Gasteiger partial charge is 0.338 e. The average molecular weight is 405 g/mol. The number of hydrogen-bond acceptors (Lipinski definition) is 8. The third kappa shape index (κ3) is 4.40. The molecule has 0 spiro atoms. The highest BCUT2D eigenvalue weighted by Gasteiger charge is 2.28. The molecule has 2 aromatic rings. The maximum atomic E-state index is 13.2. The number of aliphatic hydroxyl groups is 1. The largest absolute Gasteiger partial charge is 0.497 e. The Morgan fingerprint density at radius 3 is 2.28 bits per heavy atom. The van der Waals surface area contributed by atoms with Gasteiger partial charge in [-0.25, -0.2) is 4.79 Å². The first-order chi connectivity index (χ1) is 13.8. The second-order valence-corrected chi connectivity index (χ2v) is 6.17. The van der Waals surface area contributed by atoms with Crippen molar-refractivity contribution in [3.63, 3.8) is 0 Å². The molecule has 0 saturated heterocycles. The van der Waals surface area contributed by atoms with Crippen molar-refractivity contribution in [3.05, 3.63) is 50.9 Å². The van der Waals surface area contributed by atoms with Crippen molar-refractivity contribution in [2.75, 3.05) is 28.4 Å². The number of carbonyl (C=O) groups excluding carboxylic acids is 2. The van der Waals surface area contributed by atoms with E-state index in [1.807, 2.05) is 0 Å². The maximum absolute atomic E-state index is 13.2. The first-order valence-corrected chi connectivity index (χ1v) is 8.64. The van der Waals surface area contributed by atoms with E-state index in [0.717, 1.165) is 0 Å². The first-order valence-electron chi connectivity index (χ1n) is 8.64. The van der Waals surface area contributed by atoms with Gasteiger partial charge in [0.1, 0.15) is 11.5 Å². The van der Waals surface area contributed by atoms with Crippen LogP contribution in [0.15, 0.2) is 23.1 Å². The molecule has 0 amide bonds. The summed E-state index contributed by atoms with van der Waals surface area (Å²) in [5.41, 5.74) is -0.847. The molecule has 0 saturated carbocycles. The molecule has 1 atom stereocenters. The highest BCUT2D eigenvalue weighted by molar-refractivity contribution is 6.16.